The Morgan fingerprint density at radius 1 is 1.06 bits per heavy atom. The van der Waals surface area contributed by atoms with Crippen LogP contribution in [-0.4, -0.2) is 55.5 Å². The van der Waals surface area contributed by atoms with Gasteiger partial charge in [0, 0.05) is 36.8 Å². The van der Waals surface area contributed by atoms with Crippen LogP contribution in [-0.2, 0) is 22.6 Å². The number of aromatic nitrogens is 1. The number of likely N-dealkylation sites (tertiary alicyclic amines) is 1. The van der Waals surface area contributed by atoms with Gasteiger partial charge in [0.15, 0.2) is 0 Å². The Kier molecular flexibility index (Phi) is 8.25. The van der Waals surface area contributed by atoms with E-state index in [9.17, 15) is 4.79 Å². The van der Waals surface area contributed by atoms with E-state index in [1.807, 2.05) is 32.0 Å². The zero-order chi connectivity index (χ0) is 23.9. The molecule has 0 unspecified atom stereocenters. The van der Waals surface area contributed by atoms with E-state index in [2.05, 4.69) is 39.9 Å². The quantitative estimate of drug-likeness (QED) is 0.303. The van der Waals surface area contributed by atoms with Crippen molar-refractivity contribution < 1.29 is 19.0 Å². The van der Waals surface area contributed by atoms with E-state index >= 15 is 0 Å². The Balaban J connectivity index is 1.43. The Labute approximate surface area is 202 Å². The molecule has 34 heavy (non-hydrogen) atoms. The molecule has 3 aromatic rings. The number of carbonyl (C=O) groups is 1. The molecule has 4 rings (SSSR count). The van der Waals surface area contributed by atoms with Gasteiger partial charge in [-0.05, 0) is 75.0 Å². The first kappa shape index (κ1) is 24.3. The Bertz CT molecular complexity index is 1100. The van der Waals surface area contributed by atoms with Crippen LogP contribution >= 0.6 is 0 Å². The molecular weight excluding hydrogens is 428 g/mol. The van der Waals surface area contributed by atoms with E-state index in [1.165, 1.54) is 16.5 Å². The number of ether oxygens (including phenoxy) is 3. The van der Waals surface area contributed by atoms with E-state index in [-0.39, 0.29) is 5.97 Å². The lowest BCUT2D eigenvalue weighted by Crippen LogP contribution is -2.32. The molecule has 0 bridgehead atoms. The van der Waals surface area contributed by atoms with Gasteiger partial charge in [0.05, 0.1) is 20.3 Å². The maximum atomic E-state index is 12.3. The molecule has 182 valence electrons. The van der Waals surface area contributed by atoms with Crippen LogP contribution < -0.4 is 4.74 Å². The fraction of sp³-hybridized carbons (Fsp3) is 0.464. The van der Waals surface area contributed by atoms with Crippen molar-refractivity contribution in [2.75, 3.05) is 40.0 Å². The van der Waals surface area contributed by atoms with Crippen molar-refractivity contribution >= 4 is 16.9 Å². The number of benzene rings is 2. The molecule has 0 radical (unpaired) electrons. The zero-order valence-corrected chi connectivity index (χ0v) is 20.6. The molecule has 6 heteroatoms. The summed E-state index contributed by atoms with van der Waals surface area (Å²) in [5.41, 5.74) is 4.36. The third-order valence-corrected chi connectivity index (χ3v) is 6.69. The van der Waals surface area contributed by atoms with Gasteiger partial charge in [0.2, 0.25) is 0 Å². The van der Waals surface area contributed by atoms with Gasteiger partial charge >= 0.3 is 5.97 Å². The summed E-state index contributed by atoms with van der Waals surface area (Å²) in [4.78, 5) is 14.8. The maximum absolute atomic E-state index is 12.3. The lowest BCUT2D eigenvalue weighted by molar-refractivity contribution is 0.0522. The summed E-state index contributed by atoms with van der Waals surface area (Å²) in [6.45, 7) is 9.45. The molecule has 1 aliphatic rings. The second-order valence-electron chi connectivity index (χ2n) is 8.80. The number of para-hydroxylation sites is 1. The van der Waals surface area contributed by atoms with Crippen molar-refractivity contribution in [3.05, 3.63) is 65.4 Å². The normalized spacial score (nSPS) is 15.0. The van der Waals surface area contributed by atoms with Crippen molar-refractivity contribution in [2.45, 2.75) is 45.7 Å². The molecule has 1 saturated heterocycles. The smallest absolute Gasteiger partial charge is 0.341 e. The molecule has 2 heterocycles. The van der Waals surface area contributed by atoms with Crippen LogP contribution in [0, 0.1) is 0 Å². The third-order valence-electron chi connectivity index (χ3n) is 6.69. The SMILES string of the molecule is CCOCCn1cc(C2CCN(Cc3ccc(OC)c(C(=O)OCC)c3)CC2)c2ccccc21. The first-order chi connectivity index (χ1) is 16.6. The average molecular weight is 465 g/mol. The number of hydrogen-bond donors (Lipinski definition) is 0. The first-order valence-electron chi connectivity index (χ1n) is 12.4. The number of carbonyl (C=O) groups excluding carboxylic acids is 1. The van der Waals surface area contributed by atoms with Gasteiger partial charge in [-0.2, -0.15) is 0 Å². The molecular formula is C28H36N2O4. The van der Waals surface area contributed by atoms with E-state index in [4.69, 9.17) is 14.2 Å². The number of methoxy groups -OCH3 is 1. The minimum atomic E-state index is -0.333. The number of fused-ring (bicyclic) bond motifs is 1. The van der Waals surface area contributed by atoms with Gasteiger partial charge in [0.1, 0.15) is 11.3 Å². The predicted molar refractivity (Wildman–Crippen MR) is 135 cm³/mol. The summed E-state index contributed by atoms with van der Waals surface area (Å²) < 4.78 is 18.5. The van der Waals surface area contributed by atoms with E-state index < -0.39 is 0 Å². The average Bonchev–Trinajstić information content (AvgIpc) is 3.23. The molecule has 0 amide bonds. The van der Waals surface area contributed by atoms with Crippen LogP contribution in [0.4, 0.5) is 0 Å². The molecule has 0 atom stereocenters. The van der Waals surface area contributed by atoms with Gasteiger partial charge < -0.3 is 18.8 Å². The molecule has 0 spiro atoms. The highest BCUT2D eigenvalue weighted by Gasteiger charge is 2.24. The number of hydrogen-bond acceptors (Lipinski definition) is 5. The second-order valence-corrected chi connectivity index (χ2v) is 8.80. The van der Waals surface area contributed by atoms with E-state index in [0.717, 1.165) is 57.8 Å². The van der Waals surface area contributed by atoms with Crippen LogP contribution in [0.5, 0.6) is 5.75 Å². The minimum Gasteiger partial charge on any atom is -0.496 e. The van der Waals surface area contributed by atoms with Gasteiger partial charge in [-0.25, -0.2) is 4.79 Å². The summed E-state index contributed by atoms with van der Waals surface area (Å²) in [7, 11) is 1.58. The molecule has 0 saturated carbocycles. The summed E-state index contributed by atoms with van der Waals surface area (Å²) in [5.74, 6) is 0.780. The number of nitrogens with zero attached hydrogens (tertiary/aromatic N) is 2. The molecule has 2 aromatic carbocycles. The van der Waals surface area contributed by atoms with Crippen LogP contribution in [0.2, 0.25) is 0 Å². The Hall–Kier alpha value is -2.83. The van der Waals surface area contributed by atoms with Crippen molar-refractivity contribution in [3.8, 4) is 5.75 Å². The van der Waals surface area contributed by atoms with Gasteiger partial charge in [0.25, 0.3) is 0 Å². The fourth-order valence-electron chi connectivity index (χ4n) is 4.97. The van der Waals surface area contributed by atoms with E-state index in [0.29, 0.717) is 23.8 Å². The number of rotatable bonds is 10. The maximum Gasteiger partial charge on any atom is 0.341 e. The lowest BCUT2D eigenvalue weighted by atomic mass is 9.89. The van der Waals surface area contributed by atoms with E-state index in [1.54, 1.807) is 7.11 Å². The molecule has 6 nitrogen and oxygen atoms in total. The monoisotopic (exact) mass is 464 g/mol. The third kappa shape index (κ3) is 5.45. The zero-order valence-electron chi connectivity index (χ0n) is 20.6. The molecule has 0 N–H and O–H groups in total. The number of piperidine rings is 1. The highest BCUT2D eigenvalue weighted by atomic mass is 16.5. The summed E-state index contributed by atoms with van der Waals surface area (Å²) >= 11 is 0. The van der Waals surface area contributed by atoms with Crippen LogP contribution in [0.1, 0.15) is 54.1 Å². The largest absolute Gasteiger partial charge is 0.496 e. The standard InChI is InChI=1S/C28H36N2O4/c1-4-33-17-16-30-20-25(23-8-6-7-9-26(23)30)22-12-14-29(15-13-22)19-21-10-11-27(32-3)24(18-21)28(31)34-5-2/h6-11,18,20,22H,4-5,12-17,19H2,1-3H3. The second kappa shape index (κ2) is 11.5. The van der Waals surface area contributed by atoms with Gasteiger partial charge in [-0.3, -0.25) is 4.90 Å². The highest BCUT2D eigenvalue weighted by Crippen LogP contribution is 2.35. The fourth-order valence-corrected chi connectivity index (χ4v) is 4.97. The summed E-state index contributed by atoms with van der Waals surface area (Å²) in [5, 5.41) is 1.37. The van der Waals surface area contributed by atoms with Crippen molar-refractivity contribution in [3.63, 3.8) is 0 Å². The van der Waals surface area contributed by atoms with Gasteiger partial charge in [-0.15, -0.1) is 0 Å². The summed E-state index contributed by atoms with van der Waals surface area (Å²) in [6, 6.07) is 14.5. The van der Waals surface area contributed by atoms with Crippen molar-refractivity contribution in [1.82, 2.24) is 9.47 Å². The Morgan fingerprint density at radius 2 is 1.85 bits per heavy atom. The molecule has 1 fully saturated rings. The first-order valence-corrected chi connectivity index (χ1v) is 12.4. The van der Waals surface area contributed by atoms with Crippen LogP contribution in [0.3, 0.4) is 0 Å². The predicted octanol–water partition coefficient (Wildman–Crippen LogP) is 5.24. The van der Waals surface area contributed by atoms with Crippen LogP contribution in [0.15, 0.2) is 48.7 Å². The Morgan fingerprint density at radius 3 is 2.59 bits per heavy atom. The van der Waals surface area contributed by atoms with Crippen molar-refractivity contribution in [2.24, 2.45) is 0 Å². The molecule has 1 aliphatic heterocycles. The molecule has 0 aliphatic carbocycles. The van der Waals surface area contributed by atoms with Crippen molar-refractivity contribution in [1.29, 1.82) is 0 Å². The van der Waals surface area contributed by atoms with Gasteiger partial charge in [-0.1, -0.05) is 24.3 Å². The topological polar surface area (TPSA) is 52.9 Å². The van der Waals surface area contributed by atoms with Crippen LogP contribution in [0.25, 0.3) is 10.9 Å². The number of esters is 1. The minimum absolute atomic E-state index is 0.333. The molecule has 1 aromatic heterocycles. The lowest BCUT2D eigenvalue weighted by Gasteiger charge is -2.32. The summed E-state index contributed by atoms with van der Waals surface area (Å²) in [6.07, 6.45) is 4.60. The highest BCUT2D eigenvalue weighted by molar-refractivity contribution is 5.92.